The molecular weight excluding hydrogens is 296 g/mol. The lowest BCUT2D eigenvalue weighted by Gasteiger charge is -2.19. The molecule has 1 aromatic heterocycles. The average molecular weight is 319 g/mol. The molecule has 0 radical (unpaired) electrons. The van der Waals surface area contributed by atoms with Gasteiger partial charge in [-0.15, -0.1) is 11.6 Å². The molecule has 20 heavy (non-hydrogen) atoms. The van der Waals surface area contributed by atoms with Gasteiger partial charge in [-0.25, -0.2) is 12.7 Å². The summed E-state index contributed by atoms with van der Waals surface area (Å²) in [6, 6.07) is 2.15. The lowest BCUT2D eigenvalue weighted by atomic mass is 10.1. The molecule has 0 aliphatic heterocycles. The predicted octanol–water partition coefficient (Wildman–Crippen LogP) is 3.23. The topological polar surface area (TPSA) is 42.3 Å². The Kier molecular flexibility index (Phi) is 4.82. The first kappa shape index (κ1) is 15.9. The standard InChI is InChI=1S/C14H23ClN2O2S/c1-4-11(2)9-16(3)20(18,19)14-7-13(8-15)17(10-14)12-5-6-12/h7,10-12H,4-6,8-9H2,1-3H3. The number of rotatable bonds is 7. The van der Waals surface area contributed by atoms with Crippen LogP contribution in [0.2, 0.25) is 0 Å². The Labute approximate surface area is 126 Å². The molecular formula is C14H23ClN2O2S. The Morgan fingerprint density at radius 1 is 1.50 bits per heavy atom. The van der Waals surface area contributed by atoms with Crippen LogP contribution in [0.3, 0.4) is 0 Å². The normalized spacial score (nSPS) is 17.6. The van der Waals surface area contributed by atoms with Crippen molar-refractivity contribution >= 4 is 21.6 Å². The SMILES string of the molecule is CCC(C)CN(C)S(=O)(=O)c1cc(CCl)n(C2CC2)c1. The minimum Gasteiger partial charge on any atom is -0.346 e. The van der Waals surface area contributed by atoms with Crippen LogP contribution >= 0.6 is 11.6 Å². The van der Waals surface area contributed by atoms with Crippen LogP contribution in [0, 0.1) is 5.92 Å². The molecule has 4 nitrogen and oxygen atoms in total. The lowest BCUT2D eigenvalue weighted by molar-refractivity contribution is 0.393. The summed E-state index contributed by atoms with van der Waals surface area (Å²) in [6.45, 7) is 4.68. The zero-order valence-corrected chi connectivity index (χ0v) is 13.9. The number of hydrogen-bond donors (Lipinski definition) is 0. The summed E-state index contributed by atoms with van der Waals surface area (Å²) in [5.74, 6) is 0.703. The first-order chi connectivity index (χ1) is 9.40. The van der Waals surface area contributed by atoms with E-state index in [-0.39, 0.29) is 0 Å². The van der Waals surface area contributed by atoms with E-state index in [9.17, 15) is 8.42 Å². The minimum absolute atomic E-state index is 0.348. The maximum atomic E-state index is 12.6. The van der Waals surface area contributed by atoms with Crippen LogP contribution < -0.4 is 0 Å². The second-order valence-corrected chi connectivity index (χ2v) is 8.05. The first-order valence-electron chi connectivity index (χ1n) is 7.13. The molecule has 1 unspecified atom stereocenters. The Balaban J connectivity index is 2.24. The molecule has 0 saturated heterocycles. The lowest BCUT2D eigenvalue weighted by Crippen LogP contribution is -2.30. The van der Waals surface area contributed by atoms with Crippen molar-refractivity contribution in [2.24, 2.45) is 5.92 Å². The Morgan fingerprint density at radius 2 is 2.15 bits per heavy atom. The van der Waals surface area contributed by atoms with Crippen molar-refractivity contribution in [1.29, 1.82) is 0 Å². The fourth-order valence-corrected chi connectivity index (χ4v) is 3.84. The van der Waals surface area contributed by atoms with Crippen LogP contribution in [0.15, 0.2) is 17.2 Å². The van der Waals surface area contributed by atoms with Crippen molar-refractivity contribution in [3.8, 4) is 0 Å². The largest absolute Gasteiger partial charge is 0.346 e. The van der Waals surface area contributed by atoms with Crippen molar-refractivity contribution in [3.05, 3.63) is 18.0 Å². The van der Waals surface area contributed by atoms with Crippen molar-refractivity contribution in [1.82, 2.24) is 8.87 Å². The van der Waals surface area contributed by atoms with Gasteiger partial charge in [-0.05, 0) is 24.8 Å². The molecule has 0 amide bonds. The number of halogens is 1. The van der Waals surface area contributed by atoms with Gasteiger partial charge in [-0.2, -0.15) is 0 Å². The molecule has 0 spiro atoms. The Hall–Kier alpha value is -0.520. The van der Waals surface area contributed by atoms with Gasteiger partial charge in [0, 0.05) is 31.5 Å². The van der Waals surface area contributed by atoms with Crippen LogP contribution in [-0.2, 0) is 15.9 Å². The van der Waals surface area contributed by atoms with E-state index in [1.807, 2.05) is 4.57 Å². The molecule has 0 N–H and O–H groups in total. The van der Waals surface area contributed by atoms with E-state index < -0.39 is 10.0 Å². The van der Waals surface area contributed by atoms with Crippen molar-refractivity contribution in [2.45, 2.75) is 49.9 Å². The number of aromatic nitrogens is 1. The predicted molar refractivity (Wildman–Crippen MR) is 81.5 cm³/mol. The van der Waals surface area contributed by atoms with Gasteiger partial charge in [0.05, 0.1) is 5.88 Å². The molecule has 2 rings (SSSR count). The molecule has 1 heterocycles. The fraction of sp³-hybridized carbons (Fsp3) is 0.714. The first-order valence-corrected chi connectivity index (χ1v) is 9.10. The van der Waals surface area contributed by atoms with Gasteiger partial charge in [-0.1, -0.05) is 20.3 Å². The highest BCUT2D eigenvalue weighted by Crippen LogP contribution is 2.38. The van der Waals surface area contributed by atoms with Crippen molar-refractivity contribution in [3.63, 3.8) is 0 Å². The van der Waals surface area contributed by atoms with Crippen LogP contribution in [-0.4, -0.2) is 30.9 Å². The van der Waals surface area contributed by atoms with E-state index in [1.165, 1.54) is 4.31 Å². The maximum Gasteiger partial charge on any atom is 0.244 e. The molecule has 114 valence electrons. The highest BCUT2D eigenvalue weighted by Gasteiger charge is 2.29. The van der Waals surface area contributed by atoms with Gasteiger partial charge in [-0.3, -0.25) is 0 Å². The number of alkyl halides is 1. The zero-order valence-electron chi connectivity index (χ0n) is 12.3. The molecule has 6 heteroatoms. The molecule has 1 saturated carbocycles. The van der Waals surface area contributed by atoms with Crippen LogP contribution in [0.5, 0.6) is 0 Å². The summed E-state index contributed by atoms with van der Waals surface area (Å²) < 4.78 is 28.6. The highest BCUT2D eigenvalue weighted by molar-refractivity contribution is 7.89. The third kappa shape index (κ3) is 3.21. The molecule has 1 aromatic rings. The summed E-state index contributed by atoms with van der Waals surface area (Å²) in [5, 5.41) is 0. The molecule has 0 aromatic carbocycles. The van der Waals surface area contributed by atoms with E-state index in [1.54, 1.807) is 19.3 Å². The van der Waals surface area contributed by atoms with Crippen LogP contribution in [0.1, 0.15) is 44.8 Å². The van der Waals surface area contributed by atoms with Gasteiger partial charge >= 0.3 is 0 Å². The van der Waals surface area contributed by atoms with E-state index in [0.29, 0.717) is 29.3 Å². The van der Waals surface area contributed by atoms with Crippen LogP contribution in [0.4, 0.5) is 0 Å². The highest BCUT2D eigenvalue weighted by atomic mass is 35.5. The van der Waals surface area contributed by atoms with Crippen LogP contribution in [0.25, 0.3) is 0 Å². The van der Waals surface area contributed by atoms with E-state index >= 15 is 0 Å². The number of sulfonamides is 1. The van der Waals surface area contributed by atoms with Crippen molar-refractivity contribution < 1.29 is 8.42 Å². The molecule has 1 fully saturated rings. The average Bonchev–Trinajstić information content (AvgIpc) is 3.16. The molecule has 1 aliphatic carbocycles. The Morgan fingerprint density at radius 3 is 2.65 bits per heavy atom. The number of hydrogen-bond acceptors (Lipinski definition) is 2. The summed E-state index contributed by atoms with van der Waals surface area (Å²) in [4.78, 5) is 0.367. The zero-order chi connectivity index (χ0) is 14.9. The summed E-state index contributed by atoms with van der Waals surface area (Å²) >= 11 is 5.92. The summed E-state index contributed by atoms with van der Waals surface area (Å²) in [7, 11) is -1.76. The third-order valence-corrected chi connectivity index (χ3v) is 6.02. The smallest absolute Gasteiger partial charge is 0.244 e. The van der Waals surface area contributed by atoms with E-state index in [2.05, 4.69) is 13.8 Å². The van der Waals surface area contributed by atoms with Gasteiger partial charge in [0.2, 0.25) is 10.0 Å². The molecule has 0 bridgehead atoms. The fourth-order valence-electron chi connectivity index (χ4n) is 2.28. The maximum absolute atomic E-state index is 12.6. The molecule has 1 atom stereocenters. The van der Waals surface area contributed by atoms with E-state index in [4.69, 9.17) is 11.6 Å². The minimum atomic E-state index is -3.41. The second kappa shape index (κ2) is 6.08. The van der Waals surface area contributed by atoms with Crippen molar-refractivity contribution in [2.75, 3.05) is 13.6 Å². The van der Waals surface area contributed by atoms with E-state index in [0.717, 1.165) is 25.0 Å². The third-order valence-electron chi connectivity index (χ3n) is 3.96. The van der Waals surface area contributed by atoms with Gasteiger partial charge < -0.3 is 4.57 Å². The quantitative estimate of drug-likeness (QED) is 0.724. The second-order valence-electron chi connectivity index (χ2n) is 5.74. The summed E-state index contributed by atoms with van der Waals surface area (Å²) in [5.41, 5.74) is 0.893. The van der Waals surface area contributed by atoms with Gasteiger partial charge in [0.1, 0.15) is 4.90 Å². The monoisotopic (exact) mass is 318 g/mol. The Bertz CT molecular complexity index is 564. The summed E-state index contributed by atoms with van der Waals surface area (Å²) in [6.07, 6.45) is 4.94. The van der Waals surface area contributed by atoms with Gasteiger partial charge in [0.25, 0.3) is 0 Å². The number of nitrogens with zero attached hydrogens (tertiary/aromatic N) is 2. The van der Waals surface area contributed by atoms with Gasteiger partial charge in [0.15, 0.2) is 0 Å². The molecule has 1 aliphatic rings.